The number of hydrogen-bond acceptors (Lipinski definition) is 9. The average molecular weight is 461 g/mol. The molecule has 2 aromatic heterocycles. The van der Waals surface area contributed by atoms with Crippen LogP contribution in [0.5, 0.6) is 5.88 Å². The molecule has 0 aliphatic carbocycles. The van der Waals surface area contributed by atoms with Gasteiger partial charge in [-0.3, -0.25) is 19.6 Å². The third-order valence-corrected chi connectivity index (χ3v) is 6.07. The van der Waals surface area contributed by atoms with Crippen LogP contribution in [0.25, 0.3) is 6.08 Å². The van der Waals surface area contributed by atoms with E-state index >= 15 is 0 Å². The van der Waals surface area contributed by atoms with E-state index in [0.29, 0.717) is 10.6 Å². The first kappa shape index (κ1) is 21.9. The number of benzene rings is 1. The Labute approximate surface area is 180 Å². The molecule has 2 N–H and O–H groups in total. The lowest BCUT2D eigenvalue weighted by atomic mass is 10.3. The van der Waals surface area contributed by atoms with Crippen LogP contribution >= 0.6 is 11.3 Å². The zero-order valence-corrected chi connectivity index (χ0v) is 17.5. The number of carbonyl (C=O) groups is 1. The largest absolute Gasteiger partial charge is 0.478 e. The smallest absolute Gasteiger partial charge is 0.324 e. The Hall–Kier alpha value is -3.84. The van der Waals surface area contributed by atoms with Crippen LogP contribution in [0.3, 0.4) is 0 Å². The summed E-state index contributed by atoms with van der Waals surface area (Å²) in [5, 5.41) is 13.2. The van der Waals surface area contributed by atoms with Gasteiger partial charge in [-0.1, -0.05) is 11.3 Å². The monoisotopic (exact) mass is 461 g/mol. The molecular weight excluding hydrogens is 446 g/mol. The SMILES string of the molecule is COc1nccnc1NS(=O)(=O)c1ccc(NC(=O)/C=C/c2ccc([N+](=O)[O-])s2)cc1. The van der Waals surface area contributed by atoms with Crippen molar-refractivity contribution in [2.75, 3.05) is 17.1 Å². The predicted octanol–water partition coefficient (Wildman–Crippen LogP) is 2.91. The first-order chi connectivity index (χ1) is 14.8. The van der Waals surface area contributed by atoms with E-state index in [0.717, 1.165) is 11.3 Å². The van der Waals surface area contributed by atoms with Crippen molar-refractivity contribution in [3.8, 4) is 5.88 Å². The fraction of sp³-hybridized carbons (Fsp3) is 0.0556. The van der Waals surface area contributed by atoms with E-state index in [1.165, 1.54) is 68.1 Å². The highest BCUT2D eigenvalue weighted by Gasteiger charge is 2.18. The fourth-order valence-electron chi connectivity index (χ4n) is 2.32. The number of methoxy groups -OCH3 is 1. The van der Waals surface area contributed by atoms with Crippen molar-refractivity contribution in [3.63, 3.8) is 0 Å². The van der Waals surface area contributed by atoms with Crippen LogP contribution in [0.15, 0.2) is 59.8 Å². The number of hydrogen-bond donors (Lipinski definition) is 2. The van der Waals surface area contributed by atoms with Gasteiger partial charge >= 0.3 is 5.00 Å². The molecule has 0 bridgehead atoms. The van der Waals surface area contributed by atoms with Crippen molar-refractivity contribution in [2.24, 2.45) is 0 Å². The van der Waals surface area contributed by atoms with E-state index in [4.69, 9.17) is 4.74 Å². The highest BCUT2D eigenvalue weighted by molar-refractivity contribution is 7.92. The van der Waals surface area contributed by atoms with Gasteiger partial charge in [0.15, 0.2) is 0 Å². The molecule has 0 fully saturated rings. The minimum Gasteiger partial charge on any atom is -0.478 e. The Bertz CT molecular complexity index is 1240. The van der Waals surface area contributed by atoms with E-state index in [1.54, 1.807) is 0 Å². The standard InChI is InChI=1S/C18H15N5O6S2/c1-29-18-17(19-10-11-20-18)22-31(27,28)14-6-2-12(3-7-14)21-15(24)8-4-13-5-9-16(30-13)23(25)26/h2-11H,1H3,(H,19,22)(H,21,24)/b8-4+. The highest BCUT2D eigenvalue weighted by atomic mass is 32.2. The van der Waals surface area contributed by atoms with Crippen LogP contribution in [0.1, 0.15) is 4.88 Å². The van der Waals surface area contributed by atoms with Crippen molar-refractivity contribution in [2.45, 2.75) is 4.90 Å². The maximum absolute atomic E-state index is 12.5. The predicted molar refractivity (Wildman–Crippen MR) is 114 cm³/mol. The molecule has 0 unspecified atom stereocenters. The number of carbonyl (C=O) groups excluding carboxylic acids is 1. The molecular formula is C18H15N5O6S2. The molecule has 1 amide bonds. The Morgan fingerprint density at radius 2 is 1.87 bits per heavy atom. The summed E-state index contributed by atoms with van der Waals surface area (Å²) in [6.45, 7) is 0. The van der Waals surface area contributed by atoms with Crippen molar-refractivity contribution < 1.29 is 22.9 Å². The molecule has 160 valence electrons. The first-order valence-electron chi connectivity index (χ1n) is 8.49. The van der Waals surface area contributed by atoms with Crippen LogP contribution in [0.4, 0.5) is 16.5 Å². The van der Waals surface area contributed by atoms with Gasteiger partial charge in [-0.15, -0.1) is 0 Å². The summed E-state index contributed by atoms with van der Waals surface area (Å²) in [7, 11) is -2.61. The fourth-order valence-corrected chi connectivity index (χ4v) is 4.05. The summed E-state index contributed by atoms with van der Waals surface area (Å²) < 4.78 is 32.3. The minimum atomic E-state index is -3.95. The molecule has 0 radical (unpaired) electrons. The zero-order valence-electron chi connectivity index (χ0n) is 15.9. The number of amides is 1. The third kappa shape index (κ3) is 5.61. The Morgan fingerprint density at radius 1 is 1.16 bits per heavy atom. The number of aromatic nitrogens is 2. The molecule has 11 nitrogen and oxygen atoms in total. The van der Waals surface area contributed by atoms with E-state index in [2.05, 4.69) is 20.0 Å². The van der Waals surface area contributed by atoms with Crippen molar-refractivity contribution in [1.29, 1.82) is 0 Å². The van der Waals surface area contributed by atoms with Gasteiger partial charge < -0.3 is 10.1 Å². The van der Waals surface area contributed by atoms with Gasteiger partial charge in [0.25, 0.3) is 15.9 Å². The quantitative estimate of drug-likeness (QED) is 0.295. The van der Waals surface area contributed by atoms with Gasteiger partial charge in [0.05, 0.1) is 16.9 Å². The summed E-state index contributed by atoms with van der Waals surface area (Å²) in [6.07, 6.45) is 5.36. The van der Waals surface area contributed by atoms with Gasteiger partial charge in [-0.05, 0) is 36.4 Å². The van der Waals surface area contributed by atoms with Crippen LogP contribution < -0.4 is 14.8 Å². The molecule has 1 aromatic carbocycles. The van der Waals surface area contributed by atoms with E-state index in [-0.39, 0.29) is 21.6 Å². The van der Waals surface area contributed by atoms with Crippen LogP contribution in [-0.4, -0.2) is 36.3 Å². The Morgan fingerprint density at radius 3 is 2.52 bits per heavy atom. The molecule has 3 aromatic rings. The van der Waals surface area contributed by atoms with Crippen LogP contribution in [0.2, 0.25) is 0 Å². The van der Waals surface area contributed by atoms with Gasteiger partial charge in [0.1, 0.15) is 0 Å². The Balaban J connectivity index is 1.65. The lowest BCUT2D eigenvalue weighted by Crippen LogP contribution is -2.15. The number of sulfonamides is 1. The number of ether oxygens (including phenoxy) is 1. The topological polar surface area (TPSA) is 153 Å². The summed E-state index contributed by atoms with van der Waals surface area (Å²) >= 11 is 0.939. The molecule has 0 aliphatic heterocycles. The van der Waals surface area contributed by atoms with Gasteiger partial charge in [0.2, 0.25) is 11.7 Å². The number of thiophene rings is 1. The maximum atomic E-state index is 12.5. The number of anilines is 2. The first-order valence-corrected chi connectivity index (χ1v) is 10.8. The molecule has 0 saturated heterocycles. The lowest BCUT2D eigenvalue weighted by Gasteiger charge is -2.10. The Kier molecular flexibility index (Phi) is 6.57. The van der Waals surface area contributed by atoms with Crippen molar-refractivity contribution in [3.05, 3.63) is 69.9 Å². The summed E-state index contributed by atoms with van der Waals surface area (Å²) in [4.78, 5) is 30.5. The van der Waals surface area contributed by atoms with Crippen molar-refractivity contribution in [1.82, 2.24) is 9.97 Å². The van der Waals surface area contributed by atoms with Crippen molar-refractivity contribution >= 4 is 49.8 Å². The lowest BCUT2D eigenvalue weighted by molar-refractivity contribution is -0.380. The van der Waals surface area contributed by atoms with E-state index in [1.807, 2.05) is 0 Å². The minimum absolute atomic E-state index is 0.0235. The molecule has 0 spiro atoms. The number of nitrogens with one attached hydrogen (secondary N) is 2. The molecule has 31 heavy (non-hydrogen) atoms. The summed E-state index contributed by atoms with van der Waals surface area (Å²) in [5.41, 5.74) is 0.364. The van der Waals surface area contributed by atoms with Crippen LogP contribution in [-0.2, 0) is 14.8 Å². The second kappa shape index (κ2) is 9.32. The van der Waals surface area contributed by atoms with Gasteiger partial charge in [-0.25, -0.2) is 18.4 Å². The number of nitrogens with zero attached hydrogens (tertiary/aromatic N) is 3. The second-order valence-electron chi connectivity index (χ2n) is 5.80. The molecule has 3 rings (SSSR count). The van der Waals surface area contributed by atoms with Gasteiger partial charge in [0, 0.05) is 35.1 Å². The average Bonchev–Trinajstić information content (AvgIpc) is 3.22. The molecule has 0 aliphatic rings. The molecule has 13 heteroatoms. The number of nitro groups is 1. The molecule has 2 heterocycles. The summed E-state index contributed by atoms with van der Waals surface area (Å²) in [6, 6.07) is 8.35. The molecule has 0 saturated carbocycles. The number of rotatable bonds is 8. The normalized spacial score (nSPS) is 11.3. The second-order valence-corrected chi connectivity index (χ2v) is 8.58. The van der Waals surface area contributed by atoms with E-state index < -0.39 is 20.9 Å². The summed E-state index contributed by atoms with van der Waals surface area (Å²) in [5.74, 6) is -0.506. The van der Waals surface area contributed by atoms with Gasteiger partial charge in [-0.2, -0.15) is 0 Å². The third-order valence-electron chi connectivity index (χ3n) is 3.71. The zero-order chi connectivity index (χ0) is 22.4. The maximum Gasteiger partial charge on any atom is 0.324 e. The highest BCUT2D eigenvalue weighted by Crippen LogP contribution is 2.25. The molecule has 0 atom stereocenters. The van der Waals surface area contributed by atoms with E-state index in [9.17, 15) is 23.3 Å². The van der Waals surface area contributed by atoms with Crippen LogP contribution in [0, 0.1) is 10.1 Å².